The Kier molecular flexibility index (Phi) is 30.7. The second kappa shape index (κ2) is 32.7. The van der Waals surface area contributed by atoms with E-state index in [1.807, 2.05) is 0 Å². The molecule has 43 heavy (non-hydrogen) atoms. The molecule has 0 saturated carbocycles. The lowest BCUT2D eigenvalue weighted by atomic mass is 10.0. The molecule has 0 radical (unpaired) electrons. The molecule has 1 rings (SSSR count). The van der Waals surface area contributed by atoms with Gasteiger partial charge in [0, 0.05) is 25.5 Å². The Morgan fingerprint density at radius 1 is 0.302 bits per heavy atom. The van der Waals surface area contributed by atoms with Gasteiger partial charge in [0.2, 0.25) is 0 Å². The lowest BCUT2D eigenvalue weighted by molar-refractivity contribution is 0.136. The van der Waals surface area contributed by atoms with Gasteiger partial charge in [-0.05, 0) is 25.7 Å². The molecule has 1 atom stereocenters. The first-order valence-electron chi connectivity index (χ1n) is 20.5. The van der Waals surface area contributed by atoms with Crippen LogP contribution in [0.4, 0.5) is 0 Å². The van der Waals surface area contributed by atoms with Crippen molar-refractivity contribution in [1.29, 1.82) is 0 Å². The molecule has 1 aliphatic heterocycles. The van der Waals surface area contributed by atoms with Gasteiger partial charge in [0.25, 0.3) is 0 Å². The SMILES string of the molecule is CCCCCCCCCCCCCCCCCCCN1C=CN(CCCCCCCCCCCCCCC)C1CCCC. The molecule has 0 aliphatic carbocycles. The van der Waals surface area contributed by atoms with Crippen molar-refractivity contribution >= 4 is 0 Å². The molecule has 256 valence electrons. The van der Waals surface area contributed by atoms with Crippen LogP contribution in [0.15, 0.2) is 12.4 Å². The van der Waals surface area contributed by atoms with Gasteiger partial charge in [-0.25, -0.2) is 0 Å². The van der Waals surface area contributed by atoms with E-state index in [0.717, 1.165) is 0 Å². The second-order valence-electron chi connectivity index (χ2n) is 14.3. The van der Waals surface area contributed by atoms with Crippen LogP contribution < -0.4 is 0 Å². The molecule has 0 amide bonds. The molecule has 0 aromatic carbocycles. The molecule has 2 heteroatoms. The number of nitrogens with zero attached hydrogens (tertiary/aromatic N) is 2. The van der Waals surface area contributed by atoms with Gasteiger partial charge in [0.15, 0.2) is 0 Å². The van der Waals surface area contributed by atoms with Gasteiger partial charge in [-0.1, -0.05) is 207 Å². The molecule has 1 aliphatic rings. The standard InChI is InChI=1S/C41H82N2/c1-4-7-10-12-14-16-18-20-21-22-23-25-27-29-31-33-35-38-43-40-39-42(41(43)36-9-6-3)37-34-32-30-28-26-24-19-17-15-13-11-8-5-2/h39-41H,4-38H2,1-3H3. The van der Waals surface area contributed by atoms with Crippen molar-refractivity contribution in [3.8, 4) is 0 Å². The molecule has 0 aromatic heterocycles. The molecular weight excluding hydrogens is 520 g/mol. The summed E-state index contributed by atoms with van der Waals surface area (Å²) in [5, 5.41) is 0. The molecular formula is C41H82N2. The van der Waals surface area contributed by atoms with E-state index in [9.17, 15) is 0 Å². The highest BCUT2D eigenvalue weighted by Crippen LogP contribution is 2.23. The van der Waals surface area contributed by atoms with Gasteiger partial charge in [0.05, 0.1) is 0 Å². The molecule has 0 saturated heterocycles. The van der Waals surface area contributed by atoms with Crippen molar-refractivity contribution in [2.45, 2.75) is 239 Å². The van der Waals surface area contributed by atoms with E-state index >= 15 is 0 Å². The Morgan fingerprint density at radius 2 is 0.535 bits per heavy atom. The highest BCUT2D eigenvalue weighted by atomic mass is 15.4. The fourth-order valence-electron chi connectivity index (χ4n) is 7.06. The summed E-state index contributed by atoms with van der Waals surface area (Å²) in [4.78, 5) is 5.37. The summed E-state index contributed by atoms with van der Waals surface area (Å²) in [5.74, 6) is 0. The molecule has 0 N–H and O–H groups in total. The molecule has 0 bridgehead atoms. The number of rotatable bonds is 35. The van der Waals surface area contributed by atoms with Gasteiger partial charge in [-0.2, -0.15) is 0 Å². The minimum Gasteiger partial charge on any atom is -0.356 e. The van der Waals surface area contributed by atoms with Crippen molar-refractivity contribution in [3.63, 3.8) is 0 Å². The molecule has 1 unspecified atom stereocenters. The Morgan fingerprint density at radius 3 is 0.791 bits per heavy atom. The Labute approximate surface area is 273 Å². The Hall–Kier alpha value is -0.660. The van der Waals surface area contributed by atoms with Crippen molar-refractivity contribution in [2.24, 2.45) is 0 Å². The molecule has 0 spiro atoms. The van der Waals surface area contributed by atoms with E-state index in [1.54, 1.807) is 0 Å². The normalized spacial score (nSPS) is 14.9. The predicted molar refractivity (Wildman–Crippen MR) is 196 cm³/mol. The fraction of sp³-hybridized carbons (Fsp3) is 0.951. The van der Waals surface area contributed by atoms with Crippen LogP contribution in [0.1, 0.15) is 233 Å². The smallest absolute Gasteiger partial charge is 0.101 e. The highest BCUT2D eigenvalue weighted by molar-refractivity contribution is 4.96. The summed E-state index contributed by atoms with van der Waals surface area (Å²) in [6.07, 6.45) is 53.0. The molecule has 0 fully saturated rings. The van der Waals surface area contributed by atoms with Gasteiger partial charge in [-0.3, -0.25) is 0 Å². The van der Waals surface area contributed by atoms with Crippen LogP contribution >= 0.6 is 0 Å². The minimum atomic E-state index is 0.637. The number of hydrogen-bond donors (Lipinski definition) is 0. The van der Waals surface area contributed by atoms with E-state index in [4.69, 9.17) is 0 Å². The summed E-state index contributed by atoms with van der Waals surface area (Å²) in [7, 11) is 0. The number of unbranched alkanes of at least 4 members (excludes halogenated alkanes) is 29. The monoisotopic (exact) mass is 603 g/mol. The maximum absolute atomic E-state index is 2.68. The van der Waals surface area contributed by atoms with E-state index in [0.29, 0.717) is 6.17 Å². The van der Waals surface area contributed by atoms with Crippen molar-refractivity contribution in [1.82, 2.24) is 9.80 Å². The topological polar surface area (TPSA) is 6.48 Å². The van der Waals surface area contributed by atoms with Gasteiger partial charge in [-0.15, -0.1) is 0 Å². The third kappa shape index (κ3) is 25.2. The Balaban J connectivity index is 1.96. The summed E-state index contributed by atoms with van der Waals surface area (Å²) < 4.78 is 0. The summed E-state index contributed by atoms with van der Waals surface area (Å²) in [6.45, 7) is 9.49. The molecule has 2 nitrogen and oxygen atoms in total. The quantitative estimate of drug-likeness (QED) is 0.0666. The zero-order valence-electron chi connectivity index (χ0n) is 30.4. The van der Waals surface area contributed by atoms with Crippen LogP contribution in [0.25, 0.3) is 0 Å². The van der Waals surface area contributed by atoms with Gasteiger partial charge < -0.3 is 9.80 Å². The first-order valence-corrected chi connectivity index (χ1v) is 20.5. The lowest BCUT2D eigenvalue weighted by Gasteiger charge is -2.33. The maximum Gasteiger partial charge on any atom is 0.101 e. The summed E-state index contributed by atoms with van der Waals surface area (Å²) in [6, 6.07) is 0. The summed E-state index contributed by atoms with van der Waals surface area (Å²) >= 11 is 0. The first-order chi connectivity index (χ1) is 21.3. The van der Waals surface area contributed by atoms with Crippen LogP contribution in [-0.2, 0) is 0 Å². The zero-order valence-corrected chi connectivity index (χ0v) is 30.4. The van der Waals surface area contributed by atoms with Gasteiger partial charge in [0.1, 0.15) is 6.17 Å². The average molecular weight is 603 g/mol. The van der Waals surface area contributed by atoms with Crippen LogP contribution in [0, 0.1) is 0 Å². The Bertz CT molecular complexity index is 558. The number of hydrogen-bond acceptors (Lipinski definition) is 2. The highest BCUT2D eigenvalue weighted by Gasteiger charge is 2.24. The van der Waals surface area contributed by atoms with E-state index in [-0.39, 0.29) is 0 Å². The predicted octanol–water partition coefficient (Wildman–Crippen LogP) is 14.3. The van der Waals surface area contributed by atoms with E-state index < -0.39 is 0 Å². The van der Waals surface area contributed by atoms with Crippen LogP contribution in [0.5, 0.6) is 0 Å². The first kappa shape index (κ1) is 40.4. The zero-order chi connectivity index (χ0) is 30.9. The van der Waals surface area contributed by atoms with Crippen molar-refractivity contribution in [3.05, 3.63) is 12.4 Å². The van der Waals surface area contributed by atoms with E-state index in [2.05, 4.69) is 43.0 Å². The van der Waals surface area contributed by atoms with Crippen LogP contribution in [-0.4, -0.2) is 29.1 Å². The lowest BCUT2D eigenvalue weighted by Crippen LogP contribution is -2.39. The van der Waals surface area contributed by atoms with Crippen molar-refractivity contribution < 1.29 is 0 Å². The summed E-state index contributed by atoms with van der Waals surface area (Å²) in [5.41, 5.74) is 0. The van der Waals surface area contributed by atoms with Crippen LogP contribution in [0.3, 0.4) is 0 Å². The van der Waals surface area contributed by atoms with Gasteiger partial charge >= 0.3 is 0 Å². The van der Waals surface area contributed by atoms with E-state index in [1.165, 1.54) is 225 Å². The van der Waals surface area contributed by atoms with Crippen LogP contribution in [0.2, 0.25) is 0 Å². The maximum atomic E-state index is 2.68. The third-order valence-corrected chi connectivity index (χ3v) is 10.1. The fourth-order valence-corrected chi connectivity index (χ4v) is 7.06. The minimum absolute atomic E-state index is 0.637. The largest absolute Gasteiger partial charge is 0.356 e. The third-order valence-electron chi connectivity index (χ3n) is 10.1. The average Bonchev–Trinajstić information content (AvgIpc) is 3.40. The second-order valence-corrected chi connectivity index (χ2v) is 14.3. The molecule has 0 aromatic rings. The van der Waals surface area contributed by atoms with Crippen molar-refractivity contribution in [2.75, 3.05) is 13.1 Å². The molecule has 1 heterocycles.